The third-order valence-corrected chi connectivity index (χ3v) is 9.17. The molecule has 0 spiro atoms. The Bertz CT molecular complexity index is 1560. The lowest BCUT2D eigenvalue weighted by atomic mass is 9.86. The first-order chi connectivity index (χ1) is 23.7. The Balaban J connectivity index is 0.000000314. The van der Waals surface area contributed by atoms with Gasteiger partial charge in [-0.2, -0.15) is 13.2 Å². The van der Waals surface area contributed by atoms with E-state index in [4.69, 9.17) is 25.1 Å². The molecule has 2 saturated heterocycles. The molecule has 8 nitrogen and oxygen atoms in total. The zero-order chi connectivity index (χ0) is 37.1. The van der Waals surface area contributed by atoms with E-state index in [-0.39, 0.29) is 44.2 Å². The largest absolute Gasteiger partial charge is 0.496 e. The van der Waals surface area contributed by atoms with Gasteiger partial charge in [-0.3, -0.25) is 19.4 Å². The van der Waals surface area contributed by atoms with Gasteiger partial charge >= 0.3 is 6.18 Å². The standard InChI is InChI=1S/C27H31F2NO2.C9H15F3N2O.CH2O2/c1-4-7-19-8-5-10-22-21(19)9-6-11-23(22)25-24(31-2)13-12-20(26(25)32-3)18-30-16-14-27(28,29)15-17-30;1-6-4-14(5-9(10,11)12)3-2-7(6)8(13)15;2-1-3/h5-6,8-13H,4,7,14-18H2,1-3H3;6-7H,2-5H2,1H3,(H2,13,15);1H,(H,2,3). The van der Waals surface area contributed by atoms with Gasteiger partial charge in [-0.15, -0.1) is 0 Å². The summed E-state index contributed by atoms with van der Waals surface area (Å²) in [6, 6.07) is 16.7. The molecule has 3 N–H and O–H groups in total. The highest BCUT2D eigenvalue weighted by atomic mass is 19.4. The van der Waals surface area contributed by atoms with Crippen molar-refractivity contribution in [2.24, 2.45) is 17.6 Å². The molecule has 13 heteroatoms. The van der Waals surface area contributed by atoms with E-state index in [0.717, 1.165) is 46.4 Å². The number of nitrogens with two attached hydrogens (primary N) is 1. The molecule has 0 saturated carbocycles. The number of aryl methyl sites for hydroxylation is 1. The number of hydrogen-bond donors (Lipinski definition) is 2. The van der Waals surface area contributed by atoms with Crippen LogP contribution in [0, 0.1) is 11.8 Å². The Kier molecular flexibility index (Phi) is 14.8. The van der Waals surface area contributed by atoms with Gasteiger partial charge in [-0.25, -0.2) is 8.78 Å². The molecule has 3 aromatic carbocycles. The van der Waals surface area contributed by atoms with Gasteiger partial charge in [0.1, 0.15) is 11.5 Å². The molecule has 2 atom stereocenters. The lowest BCUT2D eigenvalue weighted by Gasteiger charge is -2.35. The molecule has 50 heavy (non-hydrogen) atoms. The van der Waals surface area contributed by atoms with Gasteiger partial charge in [0.15, 0.2) is 0 Å². The van der Waals surface area contributed by atoms with Gasteiger partial charge in [0.25, 0.3) is 12.4 Å². The minimum Gasteiger partial charge on any atom is -0.496 e. The summed E-state index contributed by atoms with van der Waals surface area (Å²) in [6.07, 6.45) is -1.83. The molecule has 276 valence electrons. The van der Waals surface area contributed by atoms with Crippen molar-refractivity contribution in [1.29, 1.82) is 0 Å². The monoisotopic (exact) mass is 709 g/mol. The number of likely N-dealkylation sites (tertiary alicyclic amines) is 2. The van der Waals surface area contributed by atoms with E-state index >= 15 is 0 Å². The summed E-state index contributed by atoms with van der Waals surface area (Å²) in [5.74, 6) is -1.85. The van der Waals surface area contributed by atoms with Gasteiger partial charge in [0, 0.05) is 50.5 Å². The van der Waals surface area contributed by atoms with E-state index in [2.05, 4.69) is 48.2 Å². The van der Waals surface area contributed by atoms with Crippen molar-refractivity contribution in [3.63, 3.8) is 0 Å². The number of methoxy groups -OCH3 is 2. The third kappa shape index (κ3) is 11.0. The lowest BCUT2D eigenvalue weighted by molar-refractivity contribution is -0.151. The summed E-state index contributed by atoms with van der Waals surface area (Å²) in [5, 5.41) is 9.28. The van der Waals surface area contributed by atoms with Crippen LogP contribution >= 0.6 is 0 Å². The number of halogens is 5. The number of hydrogen-bond acceptors (Lipinski definition) is 6. The normalized spacial score (nSPS) is 19.4. The lowest BCUT2D eigenvalue weighted by Crippen LogP contribution is -2.47. The van der Waals surface area contributed by atoms with Gasteiger partial charge in [0.2, 0.25) is 5.91 Å². The smallest absolute Gasteiger partial charge is 0.401 e. The molecule has 2 aliphatic heterocycles. The highest BCUT2D eigenvalue weighted by Crippen LogP contribution is 2.44. The maximum absolute atomic E-state index is 13.6. The first-order valence-corrected chi connectivity index (χ1v) is 16.7. The summed E-state index contributed by atoms with van der Waals surface area (Å²) in [4.78, 5) is 22.7. The van der Waals surface area contributed by atoms with Crippen LogP contribution < -0.4 is 15.2 Å². The number of alkyl halides is 5. The average Bonchev–Trinajstić information content (AvgIpc) is 3.05. The molecule has 1 amide bonds. The first kappa shape index (κ1) is 40.5. The van der Waals surface area contributed by atoms with Gasteiger partial charge < -0.3 is 20.3 Å². The Morgan fingerprint density at radius 2 is 1.62 bits per heavy atom. The minimum atomic E-state index is -4.17. The SMILES string of the molecule is CC1CN(CC(F)(F)F)CCC1C(N)=O.CCCc1cccc2c(-c3c(OC)ccc(CN4CCC(F)(F)CC4)c3OC)cccc12.O=CO. The molecule has 2 unspecified atom stereocenters. The summed E-state index contributed by atoms with van der Waals surface area (Å²) < 4.78 is 75.2. The van der Waals surface area contributed by atoms with Crippen LogP contribution in [0.15, 0.2) is 48.5 Å². The van der Waals surface area contributed by atoms with Crippen molar-refractivity contribution in [2.75, 3.05) is 46.9 Å². The highest BCUT2D eigenvalue weighted by molar-refractivity contribution is 6.01. The van der Waals surface area contributed by atoms with Crippen LogP contribution in [0.5, 0.6) is 11.5 Å². The number of carboxylic acid groups (broad SMARTS) is 1. The van der Waals surface area contributed by atoms with Crippen LogP contribution in [0.2, 0.25) is 0 Å². The fraction of sp³-hybridized carbons (Fsp3) is 0.514. The molecule has 2 aliphatic rings. The highest BCUT2D eigenvalue weighted by Gasteiger charge is 2.36. The summed E-state index contributed by atoms with van der Waals surface area (Å²) >= 11 is 0. The third-order valence-electron chi connectivity index (χ3n) is 9.17. The van der Waals surface area contributed by atoms with Crippen LogP contribution in [0.3, 0.4) is 0 Å². The van der Waals surface area contributed by atoms with Crippen LogP contribution in [0.25, 0.3) is 21.9 Å². The number of fused-ring (bicyclic) bond motifs is 1. The minimum absolute atomic E-state index is 0.0954. The van der Waals surface area contributed by atoms with Crippen LogP contribution in [0.4, 0.5) is 22.0 Å². The molecule has 0 aromatic heterocycles. The first-order valence-electron chi connectivity index (χ1n) is 16.7. The van der Waals surface area contributed by atoms with Gasteiger partial charge in [0.05, 0.1) is 26.3 Å². The molecule has 0 bridgehead atoms. The van der Waals surface area contributed by atoms with E-state index < -0.39 is 24.6 Å². The van der Waals surface area contributed by atoms with Crippen molar-refractivity contribution in [1.82, 2.24) is 9.80 Å². The molecule has 2 fully saturated rings. The van der Waals surface area contributed by atoms with Crippen molar-refractivity contribution >= 4 is 23.2 Å². The second kappa shape index (κ2) is 18.3. The van der Waals surface area contributed by atoms with E-state index in [9.17, 15) is 26.7 Å². The van der Waals surface area contributed by atoms with Crippen molar-refractivity contribution in [3.05, 3.63) is 59.7 Å². The predicted molar refractivity (Wildman–Crippen MR) is 184 cm³/mol. The zero-order valence-electron chi connectivity index (χ0n) is 29.1. The number of nitrogens with zero attached hydrogens (tertiary/aromatic N) is 2. The molecule has 5 rings (SSSR count). The molecular formula is C37H48F5N3O5. The van der Waals surface area contributed by atoms with Crippen LogP contribution in [0.1, 0.15) is 50.7 Å². The average molecular weight is 710 g/mol. The van der Waals surface area contributed by atoms with E-state index in [1.807, 2.05) is 12.1 Å². The van der Waals surface area contributed by atoms with E-state index in [0.29, 0.717) is 26.1 Å². The molecule has 0 aliphatic carbocycles. The summed E-state index contributed by atoms with van der Waals surface area (Å²) in [7, 11) is 3.33. The maximum Gasteiger partial charge on any atom is 0.401 e. The Labute approximate surface area is 290 Å². The summed E-state index contributed by atoms with van der Waals surface area (Å²) in [6.45, 7) is 4.71. The number of benzene rings is 3. The fourth-order valence-electron chi connectivity index (χ4n) is 6.80. The number of carbonyl (C=O) groups is 2. The summed E-state index contributed by atoms with van der Waals surface area (Å²) in [5.41, 5.74) is 9.43. The Hall–Kier alpha value is -3.97. The number of ether oxygens (including phenoxy) is 2. The quantitative estimate of drug-likeness (QED) is 0.176. The number of carbonyl (C=O) groups excluding carboxylic acids is 1. The number of piperidine rings is 2. The van der Waals surface area contributed by atoms with Gasteiger partial charge in [-0.1, -0.05) is 62.7 Å². The molecule has 2 heterocycles. The Morgan fingerprint density at radius 1 is 0.980 bits per heavy atom. The topological polar surface area (TPSA) is 105 Å². The zero-order valence-corrected chi connectivity index (χ0v) is 29.1. The Morgan fingerprint density at radius 3 is 2.18 bits per heavy atom. The second-order valence-corrected chi connectivity index (χ2v) is 12.8. The predicted octanol–water partition coefficient (Wildman–Crippen LogP) is 7.40. The number of rotatable bonds is 9. The van der Waals surface area contributed by atoms with E-state index in [1.54, 1.807) is 21.1 Å². The van der Waals surface area contributed by atoms with E-state index in [1.165, 1.54) is 15.8 Å². The second-order valence-electron chi connectivity index (χ2n) is 12.8. The molecule has 3 aromatic rings. The maximum atomic E-state index is 13.6. The fourth-order valence-corrected chi connectivity index (χ4v) is 6.80. The van der Waals surface area contributed by atoms with Crippen molar-refractivity contribution < 1.29 is 46.1 Å². The van der Waals surface area contributed by atoms with Crippen LogP contribution in [-0.2, 0) is 22.6 Å². The number of amides is 1. The van der Waals surface area contributed by atoms with Crippen molar-refractivity contribution in [3.8, 4) is 22.6 Å². The molecule has 0 radical (unpaired) electrons. The van der Waals surface area contributed by atoms with Gasteiger partial charge in [-0.05, 0) is 53.3 Å². The number of primary amides is 1. The van der Waals surface area contributed by atoms with Crippen LogP contribution in [-0.4, -0.2) is 86.3 Å². The molecular weight excluding hydrogens is 661 g/mol. The van der Waals surface area contributed by atoms with Crippen molar-refractivity contribution in [2.45, 2.75) is 64.6 Å².